The molecule has 0 saturated carbocycles. The number of hydrogen-bond donors (Lipinski definition) is 3. The van der Waals surface area contributed by atoms with Gasteiger partial charge in [-0.2, -0.15) is 0 Å². The molecular weight excluding hydrogens is 377 g/mol. The van der Waals surface area contributed by atoms with Crippen molar-refractivity contribution in [3.8, 4) is 11.5 Å². The second kappa shape index (κ2) is 9.84. The van der Waals surface area contributed by atoms with Gasteiger partial charge in [0, 0.05) is 6.54 Å². The lowest BCUT2D eigenvalue weighted by molar-refractivity contribution is -0.274. The number of hydrogen-bond acceptors (Lipinski definition) is 4. The molecule has 0 aromatic heterocycles. The van der Waals surface area contributed by atoms with Crippen LogP contribution in [0.1, 0.15) is 17.2 Å². The summed E-state index contributed by atoms with van der Waals surface area (Å²) in [5.74, 6) is 0.279. The van der Waals surface area contributed by atoms with Crippen molar-refractivity contribution >= 4 is 6.03 Å². The normalized spacial score (nSPS) is 12.2. The van der Waals surface area contributed by atoms with Crippen LogP contribution in [-0.2, 0) is 6.42 Å². The van der Waals surface area contributed by atoms with Gasteiger partial charge in [-0.05, 0) is 35.7 Å². The van der Waals surface area contributed by atoms with Gasteiger partial charge in [0.1, 0.15) is 11.5 Å². The fourth-order valence-corrected chi connectivity index (χ4v) is 2.55. The summed E-state index contributed by atoms with van der Waals surface area (Å²) in [6.45, 7) is -0.247. The molecule has 2 aromatic rings. The Morgan fingerprint density at radius 3 is 2.61 bits per heavy atom. The maximum atomic E-state index is 12.4. The fourth-order valence-electron chi connectivity index (χ4n) is 2.55. The van der Waals surface area contributed by atoms with Crippen molar-refractivity contribution in [1.29, 1.82) is 0 Å². The quantitative estimate of drug-likeness (QED) is 0.638. The van der Waals surface area contributed by atoms with E-state index in [0.717, 1.165) is 0 Å². The number of benzene rings is 2. The lowest BCUT2D eigenvalue weighted by Crippen LogP contribution is -2.40. The zero-order chi connectivity index (χ0) is 20.6. The van der Waals surface area contributed by atoms with E-state index in [1.807, 2.05) is 0 Å². The minimum atomic E-state index is -4.79. The van der Waals surface area contributed by atoms with Crippen LogP contribution in [0.25, 0.3) is 0 Å². The summed E-state index contributed by atoms with van der Waals surface area (Å²) < 4.78 is 46.4. The molecule has 0 saturated heterocycles. The third kappa shape index (κ3) is 6.66. The predicted octanol–water partition coefficient (Wildman–Crippen LogP) is 3.17. The Kier molecular flexibility index (Phi) is 7.51. The highest BCUT2D eigenvalue weighted by Crippen LogP contribution is 2.26. The summed E-state index contributed by atoms with van der Waals surface area (Å²) in [6, 6.07) is 11.4. The molecule has 1 unspecified atom stereocenters. The van der Waals surface area contributed by atoms with Crippen LogP contribution in [0, 0.1) is 0 Å². The molecule has 2 aromatic carbocycles. The first kappa shape index (κ1) is 21.4. The smallest absolute Gasteiger partial charge is 0.497 e. The number of para-hydroxylation sites is 1. The molecule has 2 rings (SSSR count). The third-order valence-corrected chi connectivity index (χ3v) is 3.86. The number of methoxy groups -OCH3 is 1. The van der Waals surface area contributed by atoms with Gasteiger partial charge in [-0.1, -0.05) is 30.3 Å². The standard InChI is InChI=1S/C19H21F3N2O4/c1-27-15-7-4-6-14(11-15)16(12-25)24-18(26)23-10-9-13-5-2-3-8-17(13)28-19(20,21)22/h2-8,11,16,25H,9-10,12H2,1H3,(H2,23,24,26). The lowest BCUT2D eigenvalue weighted by Gasteiger charge is -2.18. The number of halogens is 3. The van der Waals surface area contributed by atoms with Crippen molar-refractivity contribution in [2.75, 3.05) is 20.3 Å². The van der Waals surface area contributed by atoms with Crippen molar-refractivity contribution in [3.63, 3.8) is 0 Å². The van der Waals surface area contributed by atoms with Gasteiger partial charge in [-0.15, -0.1) is 13.2 Å². The van der Waals surface area contributed by atoms with Crippen molar-refractivity contribution < 1.29 is 32.5 Å². The highest BCUT2D eigenvalue weighted by Gasteiger charge is 2.31. The monoisotopic (exact) mass is 398 g/mol. The summed E-state index contributed by atoms with van der Waals surface area (Å²) in [6.07, 6.45) is -4.64. The highest BCUT2D eigenvalue weighted by atomic mass is 19.4. The van der Waals surface area contributed by atoms with E-state index in [-0.39, 0.29) is 25.3 Å². The fraction of sp³-hybridized carbons (Fsp3) is 0.316. The van der Waals surface area contributed by atoms with Crippen molar-refractivity contribution in [3.05, 3.63) is 59.7 Å². The summed E-state index contributed by atoms with van der Waals surface area (Å²) in [4.78, 5) is 12.1. The number of aliphatic hydroxyl groups is 1. The summed E-state index contributed by atoms with van der Waals surface area (Å²) in [5, 5.41) is 14.7. The molecule has 0 heterocycles. The van der Waals surface area contributed by atoms with Crippen LogP contribution in [0.4, 0.5) is 18.0 Å². The average molecular weight is 398 g/mol. The number of ether oxygens (including phenoxy) is 2. The summed E-state index contributed by atoms with van der Waals surface area (Å²) in [7, 11) is 1.51. The molecule has 0 aliphatic rings. The highest BCUT2D eigenvalue weighted by molar-refractivity contribution is 5.74. The zero-order valence-electron chi connectivity index (χ0n) is 15.1. The molecule has 0 aliphatic heterocycles. The van der Waals surface area contributed by atoms with Crippen molar-refractivity contribution in [2.24, 2.45) is 0 Å². The molecule has 152 valence electrons. The molecule has 0 radical (unpaired) electrons. The first-order valence-electron chi connectivity index (χ1n) is 8.45. The number of carbonyl (C=O) groups is 1. The van der Waals surface area contributed by atoms with E-state index in [9.17, 15) is 23.1 Å². The number of amides is 2. The van der Waals surface area contributed by atoms with Gasteiger partial charge in [0.25, 0.3) is 0 Å². The SMILES string of the molecule is COc1cccc(C(CO)NC(=O)NCCc2ccccc2OC(F)(F)F)c1. The summed E-state index contributed by atoms with van der Waals surface area (Å²) in [5.41, 5.74) is 0.965. The number of alkyl halides is 3. The molecule has 2 amide bonds. The number of carbonyl (C=O) groups excluding carboxylic acids is 1. The van der Waals surface area contributed by atoms with Crippen LogP contribution in [0.15, 0.2) is 48.5 Å². The number of rotatable bonds is 8. The van der Waals surface area contributed by atoms with Gasteiger partial charge in [0.15, 0.2) is 0 Å². The average Bonchev–Trinajstić information content (AvgIpc) is 2.66. The Hall–Kier alpha value is -2.94. The molecule has 0 aliphatic carbocycles. The molecule has 0 spiro atoms. The molecule has 3 N–H and O–H groups in total. The molecule has 1 atom stereocenters. The summed E-state index contributed by atoms with van der Waals surface area (Å²) >= 11 is 0. The van der Waals surface area contributed by atoms with Gasteiger partial charge in [0.2, 0.25) is 0 Å². The van der Waals surface area contributed by atoms with E-state index in [0.29, 0.717) is 16.9 Å². The van der Waals surface area contributed by atoms with Crippen LogP contribution in [0.5, 0.6) is 11.5 Å². The zero-order valence-corrected chi connectivity index (χ0v) is 15.1. The predicted molar refractivity (Wildman–Crippen MR) is 96.2 cm³/mol. The van der Waals surface area contributed by atoms with E-state index in [1.54, 1.807) is 30.3 Å². The number of urea groups is 1. The van der Waals surface area contributed by atoms with Crippen molar-refractivity contribution in [1.82, 2.24) is 10.6 Å². The largest absolute Gasteiger partial charge is 0.573 e. The van der Waals surface area contributed by atoms with Crippen molar-refractivity contribution in [2.45, 2.75) is 18.8 Å². The first-order chi connectivity index (χ1) is 13.3. The lowest BCUT2D eigenvalue weighted by atomic mass is 10.1. The Bertz CT molecular complexity index is 784. The van der Waals surface area contributed by atoms with E-state index in [2.05, 4.69) is 15.4 Å². The molecule has 6 nitrogen and oxygen atoms in total. The first-order valence-corrected chi connectivity index (χ1v) is 8.45. The Morgan fingerprint density at radius 2 is 1.93 bits per heavy atom. The van der Waals surface area contributed by atoms with Gasteiger partial charge in [-0.3, -0.25) is 0 Å². The Balaban J connectivity index is 1.90. The van der Waals surface area contributed by atoms with Gasteiger partial charge in [-0.25, -0.2) is 4.79 Å². The molecule has 0 bridgehead atoms. The Labute approximate surface area is 160 Å². The van der Waals surface area contributed by atoms with Crippen LogP contribution in [-0.4, -0.2) is 37.8 Å². The second-order valence-electron chi connectivity index (χ2n) is 5.82. The van der Waals surface area contributed by atoms with Gasteiger partial charge < -0.3 is 25.2 Å². The minimum absolute atomic E-state index is 0.0837. The number of nitrogens with one attached hydrogen (secondary N) is 2. The van der Waals surface area contributed by atoms with E-state index in [4.69, 9.17) is 4.74 Å². The van der Waals surface area contributed by atoms with E-state index >= 15 is 0 Å². The van der Waals surface area contributed by atoms with Crippen LogP contribution < -0.4 is 20.1 Å². The number of aliphatic hydroxyl groups excluding tert-OH is 1. The van der Waals surface area contributed by atoms with E-state index < -0.39 is 18.4 Å². The van der Waals surface area contributed by atoms with E-state index in [1.165, 1.54) is 25.3 Å². The second-order valence-corrected chi connectivity index (χ2v) is 5.82. The molecule has 0 fully saturated rings. The molecule has 9 heteroatoms. The van der Waals surface area contributed by atoms with Crippen LogP contribution in [0.2, 0.25) is 0 Å². The Morgan fingerprint density at radius 1 is 1.18 bits per heavy atom. The van der Waals surface area contributed by atoms with Gasteiger partial charge >= 0.3 is 12.4 Å². The third-order valence-electron chi connectivity index (χ3n) is 3.86. The van der Waals surface area contributed by atoms with Gasteiger partial charge in [0.05, 0.1) is 19.8 Å². The molecular formula is C19H21F3N2O4. The maximum absolute atomic E-state index is 12.4. The molecule has 28 heavy (non-hydrogen) atoms. The topological polar surface area (TPSA) is 79.8 Å². The maximum Gasteiger partial charge on any atom is 0.573 e. The minimum Gasteiger partial charge on any atom is -0.497 e. The van der Waals surface area contributed by atoms with Crippen LogP contribution in [0.3, 0.4) is 0 Å². The van der Waals surface area contributed by atoms with Crippen LogP contribution >= 0.6 is 0 Å².